The maximum Gasteiger partial charge on any atom is 0.258 e. The molecule has 0 aliphatic carbocycles. The zero-order valence-corrected chi connectivity index (χ0v) is 15.2. The van der Waals surface area contributed by atoms with Crippen LogP contribution >= 0.6 is 0 Å². The fraction of sp³-hybridized carbons (Fsp3) is 0.632. The molecule has 3 rings (SSSR count). The number of benzene rings is 1. The van der Waals surface area contributed by atoms with Crippen molar-refractivity contribution >= 4 is 5.91 Å². The van der Waals surface area contributed by atoms with Gasteiger partial charge < -0.3 is 19.1 Å². The predicted octanol–water partition coefficient (Wildman–Crippen LogP) is 2.03. The van der Waals surface area contributed by atoms with Crippen LogP contribution in [-0.2, 0) is 4.74 Å². The molecule has 2 saturated heterocycles. The standard InChI is InChI=1S/C19H28N2O4/c1-23-17-8-5-7-16(18(17)24-2)19(22)21-9-4-3-6-15(21)14-20-10-12-25-13-11-20/h5,7-8,15H,3-4,6,9-14H2,1-2H3. The lowest BCUT2D eigenvalue weighted by molar-refractivity contribution is 0.0165. The van der Waals surface area contributed by atoms with Crippen molar-refractivity contribution in [3.05, 3.63) is 23.8 Å². The number of ether oxygens (including phenoxy) is 3. The van der Waals surface area contributed by atoms with E-state index in [-0.39, 0.29) is 11.9 Å². The summed E-state index contributed by atoms with van der Waals surface area (Å²) < 4.78 is 16.2. The quantitative estimate of drug-likeness (QED) is 0.815. The average molecular weight is 348 g/mol. The molecule has 0 N–H and O–H groups in total. The van der Waals surface area contributed by atoms with Crippen LogP contribution in [0.25, 0.3) is 0 Å². The van der Waals surface area contributed by atoms with Crippen LogP contribution in [0, 0.1) is 0 Å². The van der Waals surface area contributed by atoms with Gasteiger partial charge in [-0.05, 0) is 31.4 Å². The van der Waals surface area contributed by atoms with E-state index in [0.29, 0.717) is 17.1 Å². The fourth-order valence-corrected chi connectivity index (χ4v) is 3.75. The number of rotatable bonds is 5. The Hall–Kier alpha value is -1.79. The van der Waals surface area contributed by atoms with Crippen molar-refractivity contribution in [2.75, 3.05) is 53.6 Å². The van der Waals surface area contributed by atoms with Gasteiger partial charge in [0.15, 0.2) is 11.5 Å². The lowest BCUT2D eigenvalue weighted by Crippen LogP contribution is -2.51. The summed E-state index contributed by atoms with van der Waals surface area (Å²) in [7, 11) is 3.17. The van der Waals surface area contributed by atoms with Crippen molar-refractivity contribution in [2.45, 2.75) is 25.3 Å². The van der Waals surface area contributed by atoms with Crippen LogP contribution in [-0.4, -0.2) is 75.4 Å². The molecular weight excluding hydrogens is 320 g/mol. The van der Waals surface area contributed by atoms with Gasteiger partial charge in [0.2, 0.25) is 0 Å². The summed E-state index contributed by atoms with van der Waals surface area (Å²) in [5.74, 6) is 1.15. The first-order valence-corrected chi connectivity index (χ1v) is 9.06. The third-order valence-corrected chi connectivity index (χ3v) is 5.09. The monoisotopic (exact) mass is 348 g/mol. The van der Waals surface area contributed by atoms with E-state index in [2.05, 4.69) is 4.90 Å². The third-order valence-electron chi connectivity index (χ3n) is 5.09. The van der Waals surface area contributed by atoms with Crippen LogP contribution in [0.4, 0.5) is 0 Å². The molecule has 1 unspecified atom stereocenters. The number of hydrogen-bond acceptors (Lipinski definition) is 5. The topological polar surface area (TPSA) is 51.2 Å². The molecule has 0 saturated carbocycles. The first kappa shape index (κ1) is 18.0. The number of morpholine rings is 1. The Morgan fingerprint density at radius 2 is 1.96 bits per heavy atom. The van der Waals surface area contributed by atoms with Gasteiger partial charge in [-0.25, -0.2) is 0 Å². The number of likely N-dealkylation sites (tertiary alicyclic amines) is 1. The summed E-state index contributed by atoms with van der Waals surface area (Å²) in [5, 5.41) is 0. The number of amides is 1. The second-order valence-corrected chi connectivity index (χ2v) is 6.60. The summed E-state index contributed by atoms with van der Waals surface area (Å²) in [6.07, 6.45) is 3.28. The maximum absolute atomic E-state index is 13.2. The number of para-hydroxylation sites is 1. The van der Waals surface area contributed by atoms with Gasteiger partial charge >= 0.3 is 0 Å². The Kier molecular flexibility index (Phi) is 6.15. The zero-order valence-electron chi connectivity index (χ0n) is 15.2. The SMILES string of the molecule is COc1cccc(C(=O)N2CCCCC2CN2CCOCC2)c1OC. The number of piperidine rings is 1. The van der Waals surface area contributed by atoms with Gasteiger partial charge in [0.25, 0.3) is 5.91 Å². The third kappa shape index (κ3) is 4.07. The van der Waals surface area contributed by atoms with Crippen LogP contribution in [0.3, 0.4) is 0 Å². The minimum atomic E-state index is 0.0358. The largest absolute Gasteiger partial charge is 0.493 e. The number of hydrogen-bond donors (Lipinski definition) is 0. The minimum absolute atomic E-state index is 0.0358. The molecule has 0 spiro atoms. The van der Waals surface area contributed by atoms with Gasteiger partial charge in [-0.3, -0.25) is 9.69 Å². The molecule has 1 atom stereocenters. The van der Waals surface area contributed by atoms with Gasteiger partial charge in [0.1, 0.15) is 0 Å². The van der Waals surface area contributed by atoms with Crippen molar-refractivity contribution in [2.24, 2.45) is 0 Å². The molecule has 2 heterocycles. The highest BCUT2D eigenvalue weighted by atomic mass is 16.5. The molecule has 138 valence electrons. The summed E-state index contributed by atoms with van der Waals surface area (Å²) >= 11 is 0. The molecule has 0 bridgehead atoms. The Morgan fingerprint density at radius 1 is 1.16 bits per heavy atom. The van der Waals surface area contributed by atoms with Crippen molar-refractivity contribution in [1.29, 1.82) is 0 Å². The average Bonchev–Trinajstić information content (AvgIpc) is 2.68. The summed E-state index contributed by atoms with van der Waals surface area (Å²) in [6.45, 7) is 5.17. The highest BCUT2D eigenvalue weighted by Crippen LogP contribution is 2.33. The first-order chi connectivity index (χ1) is 12.2. The minimum Gasteiger partial charge on any atom is -0.493 e. The molecule has 6 nitrogen and oxygen atoms in total. The zero-order chi connectivity index (χ0) is 17.6. The van der Waals surface area contributed by atoms with Crippen LogP contribution in [0.5, 0.6) is 11.5 Å². The number of carbonyl (C=O) groups is 1. The van der Waals surface area contributed by atoms with Crippen molar-refractivity contribution < 1.29 is 19.0 Å². The van der Waals surface area contributed by atoms with E-state index in [4.69, 9.17) is 14.2 Å². The van der Waals surface area contributed by atoms with E-state index < -0.39 is 0 Å². The van der Waals surface area contributed by atoms with E-state index >= 15 is 0 Å². The van der Waals surface area contributed by atoms with E-state index in [1.54, 1.807) is 14.2 Å². The number of methoxy groups -OCH3 is 2. The molecule has 2 aliphatic rings. The Balaban J connectivity index is 1.78. The molecule has 0 aromatic heterocycles. The van der Waals surface area contributed by atoms with Gasteiger partial charge in [-0.2, -0.15) is 0 Å². The van der Waals surface area contributed by atoms with E-state index in [1.165, 1.54) is 6.42 Å². The van der Waals surface area contributed by atoms with Crippen LogP contribution < -0.4 is 9.47 Å². The van der Waals surface area contributed by atoms with Crippen LogP contribution in [0.2, 0.25) is 0 Å². The number of carbonyl (C=O) groups excluding carboxylic acids is 1. The summed E-state index contributed by atoms with van der Waals surface area (Å²) in [4.78, 5) is 17.7. The van der Waals surface area contributed by atoms with Crippen molar-refractivity contribution in [3.63, 3.8) is 0 Å². The lowest BCUT2D eigenvalue weighted by Gasteiger charge is -2.39. The normalized spacial score (nSPS) is 21.8. The molecule has 0 radical (unpaired) electrons. The Labute approximate surface area is 149 Å². The smallest absolute Gasteiger partial charge is 0.258 e. The fourth-order valence-electron chi connectivity index (χ4n) is 3.75. The van der Waals surface area contributed by atoms with Crippen molar-refractivity contribution in [3.8, 4) is 11.5 Å². The molecule has 1 amide bonds. The van der Waals surface area contributed by atoms with Crippen molar-refractivity contribution in [1.82, 2.24) is 9.80 Å². The molecule has 25 heavy (non-hydrogen) atoms. The highest BCUT2D eigenvalue weighted by molar-refractivity contribution is 5.98. The van der Waals surface area contributed by atoms with E-state index in [1.807, 2.05) is 23.1 Å². The molecule has 1 aromatic rings. The first-order valence-electron chi connectivity index (χ1n) is 9.06. The molecule has 6 heteroatoms. The van der Waals surface area contributed by atoms with Gasteiger partial charge in [0.05, 0.1) is 33.0 Å². The number of nitrogens with zero attached hydrogens (tertiary/aromatic N) is 2. The van der Waals surface area contributed by atoms with Gasteiger partial charge in [-0.1, -0.05) is 6.07 Å². The summed E-state index contributed by atoms with van der Waals surface area (Å²) in [6, 6.07) is 5.73. The van der Waals surface area contributed by atoms with E-state index in [9.17, 15) is 4.79 Å². The van der Waals surface area contributed by atoms with Crippen LogP contribution in [0.1, 0.15) is 29.6 Å². The van der Waals surface area contributed by atoms with Gasteiger partial charge in [-0.15, -0.1) is 0 Å². The second-order valence-electron chi connectivity index (χ2n) is 6.60. The van der Waals surface area contributed by atoms with E-state index in [0.717, 1.165) is 52.2 Å². The highest BCUT2D eigenvalue weighted by Gasteiger charge is 2.31. The molecule has 1 aromatic carbocycles. The molecular formula is C19H28N2O4. The Bertz CT molecular complexity index is 587. The van der Waals surface area contributed by atoms with Crippen LogP contribution in [0.15, 0.2) is 18.2 Å². The second kappa shape index (κ2) is 8.54. The lowest BCUT2D eigenvalue weighted by atomic mass is 9.99. The molecule has 2 fully saturated rings. The maximum atomic E-state index is 13.2. The predicted molar refractivity (Wildman–Crippen MR) is 95.5 cm³/mol. The Morgan fingerprint density at radius 3 is 2.68 bits per heavy atom. The van der Waals surface area contributed by atoms with Gasteiger partial charge in [0, 0.05) is 32.2 Å². The summed E-state index contributed by atoms with van der Waals surface area (Å²) in [5.41, 5.74) is 0.579. The molecule has 2 aliphatic heterocycles.